The van der Waals surface area contributed by atoms with E-state index in [1.807, 2.05) is 18.4 Å². The van der Waals surface area contributed by atoms with Crippen LogP contribution >= 0.6 is 11.8 Å². The monoisotopic (exact) mass is 324 g/mol. The molecule has 0 heterocycles. The van der Waals surface area contributed by atoms with Crippen molar-refractivity contribution in [3.63, 3.8) is 0 Å². The Morgan fingerprint density at radius 3 is 2.91 bits per heavy atom. The Balaban J connectivity index is 1.85. The second kappa shape index (κ2) is 8.19. The number of aliphatic hydroxyl groups excluding tert-OH is 1. The Hall–Kier alpha value is -1.53. The van der Waals surface area contributed by atoms with E-state index in [9.17, 15) is 9.18 Å². The minimum absolute atomic E-state index is 0.0453. The van der Waals surface area contributed by atoms with Crippen LogP contribution in [0.15, 0.2) is 30.4 Å². The van der Waals surface area contributed by atoms with Crippen LogP contribution < -0.4 is 10.6 Å². The molecule has 3 N–H and O–H groups in total. The van der Waals surface area contributed by atoms with Crippen molar-refractivity contribution >= 4 is 17.8 Å². The fourth-order valence-electron chi connectivity index (χ4n) is 2.47. The third-order valence-electron chi connectivity index (χ3n) is 3.63. The van der Waals surface area contributed by atoms with Gasteiger partial charge in [-0.05, 0) is 35.9 Å². The van der Waals surface area contributed by atoms with E-state index in [-0.39, 0.29) is 30.4 Å². The van der Waals surface area contributed by atoms with Crippen LogP contribution in [0.3, 0.4) is 0 Å². The molecule has 1 aromatic carbocycles. The molecule has 0 aromatic heterocycles. The summed E-state index contributed by atoms with van der Waals surface area (Å²) in [5, 5.41) is 14.7. The molecule has 0 saturated heterocycles. The van der Waals surface area contributed by atoms with E-state index < -0.39 is 0 Å². The smallest absolute Gasteiger partial charge is 0.315 e. The third-order valence-corrected chi connectivity index (χ3v) is 4.23. The predicted molar refractivity (Wildman–Crippen MR) is 87.1 cm³/mol. The molecule has 4 nitrogen and oxygen atoms in total. The van der Waals surface area contributed by atoms with Gasteiger partial charge < -0.3 is 15.7 Å². The van der Waals surface area contributed by atoms with Crippen LogP contribution in [0.25, 0.3) is 0 Å². The van der Waals surface area contributed by atoms with E-state index in [1.54, 1.807) is 17.8 Å². The van der Waals surface area contributed by atoms with E-state index in [2.05, 4.69) is 10.6 Å². The van der Waals surface area contributed by atoms with Crippen molar-refractivity contribution in [3.8, 4) is 0 Å². The molecule has 1 aromatic rings. The Morgan fingerprint density at radius 2 is 2.23 bits per heavy atom. The number of carbonyl (C=O) groups is 1. The summed E-state index contributed by atoms with van der Waals surface area (Å²) in [7, 11) is 0. The normalized spacial score (nSPS) is 20.1. The second-order valence-electron chi connectivity index (χ2n) is 5.34. The van der Waals surface area contributed by atoms with Crippen molar-refractivity contribution in [2.75, 3.05) is 12.9 Å². The van der Waals surface area contributed by atoms with Crippen molar-refractivity contribution in [1.82, 2.24) is 10.6 Å². The van der Waals surface area contributed by atoms with Gasteiger partial charge in [0.25, 0.3) is 0 Å². The number of rotatable bonds is 6. The molecule has 2 amide bonds. The average molecular weight is 324 g/mol. The zero-order valence-electron chi connectivity index (χ0n) is 12.5. The van der Waals surface area contributed by atoms with Gasteiger partial charge in [-0.25, -0.2) is 9.18 Å². The Labute approximate surface area is 134 Å². The number of amides is 2. The van der Waals surface area contributed by atoms with E-state index in [1.165, 1.54) is 12.1 Å². The zero-order valence-corrected chi connectivity index (χ0v) is 13.3. The third kappa shape index (κ3) is 4.74. The van der Waals surface area contributed by atoms with Crippen molar-refractivity contribution < 1.29 is 14.3 Å². The van der Waals surface area contributed by atoms with Gasteiger partial charge in [0.2, 0.25) is 0 Å². The van der Waals surface area contributed by atoms with E-state index in [0.717, 1.165) is 17.5 Å². The molecule has 0 unspecified atom stereocenters. The van der Waals surface area contributed by atoms with Crippen LogP contribution in [0, 0.1) is 11.7 Å². The van der Waals surface area contributed by atoms with Gasteiger partial charge in [-0.2, -0.15) is 11.8 Å². The molecule has 1 aliphatic rings. The maximum Gasteiger partial charge on any atom is 0.315 e. The largest absolute Gasteiger partial charge is 0.396 e. The first-order valence-corrected chi connectivity index (χ1v) is 8.61. The van der Waals surface area contributed by atoms with E-state index in [0.29, 0.717) is 12.3 Å². The summed E-state index contributed by atoms with van der Waals surface area (Å²) < 4.78 is 13.3. The topological polar surface area (TPSA) is 61.4 Å². The quantitative estimate of drug-likeness (QED) is 0.704. The van der Waals surface area contributed by atoms with Crippen molar-refractivity contribution in [1.29, 1.82) is 0 Å². The summed E-state index contributed by atoms with van der Waals surface area (Å²) in [6.07, 6.45) is 6.50. The molecule has 120 valence electrons. The molecule has 1 aliphatic carbocycles. The maximum absolute atomic E-state index is 13.3. The Morgan fingerprint density at radius 1 is 1.41 bits per heavy atom. The van der Waals surface area contributed by atoms with Gasteiger partial charge in [-0.1, -0.05) is 18.2 Å². The molecular weight excluding hydrogens is 303 g/mol. The molecule has 0 spiro atoms. The molecule has 2 rings (SSSR count). The second-order valence-corrected chi connectivity index (χ2v) is 6.21. The first-order valence-electron chi connectivity index (χ1n) is 7.22. The van der Waals surface area contributed by atoms with Gasteiger partial charge in [0.05, 0.1) is 0 Å². The summed E-state index contributed by atoms with van der Waals surface area (Å²) in [5.74, 6) is 0.568. The van der Waals surface area contributed by atoms with Crippen molar-refractivity contribution in [3.05, 3.63) is 47.3 Å². The number of aliphatic hydroxyl groups is 1. The van der Waals surface area contributed by atoms with Gasteiger partial charge in [-0.15, -0.1) is 0 Å². The number of hydrogen-bond donors (Lipinski definition) is 3. The molecule has 0 aliphatic heterocycles. The van der Waals surface area contributed by atoms with Crippen LogP contribution in [0.1, 0.15) is 17.5 Å². The number of nitrogens with one attached hydrogen (secondary N) is 2. The Kier molecular flexibility index (Phi) is 6.27. The number of thioether (sulfide) groups is 1. The lowest BCUT2D eigenvalue weighted by molar-refractivity contribution is 0.231. The molecule has 6 heteroatoms. The number of benzene rings is 1. The molecule has 0 saturated carbocycles. The molecule has 0 radical (unpaired) electrons. The van der Waals surface area contributed by atoms with Gasteiger partial charge in [0, 0.05) is 30.9 Å². The average Bonchev–Trinajstić information content (AvgIpc) is 2.94. The highest BCUT2D eigenvalue weighted by Crippen LogP contribution is 2.18. The molecule has 0 bridgehead atoms. The SMILES string of the molecule is CSCc1cc(F)ccc1CNC(=O)N[C@@H]1C=C[C@H](CO)C1. The predicted octanol–water partition coefficient (Wildman–Crippen LogP) is 2.42. The Bertz CT molecular complexity index is 551. The first kappa shape index (κ1) is 16.8. The van der Waals surface area contributed by atoms with Crippen LogP contribution in [-0.4, -0.2) is 30.0 Å². The highest BCUT2D eigenvalue weighted by atomic mass is 32.2. The van der Waals surface area contributed by atoms with Gasteiger partial charge >= 0.3 is 6.03 Å². The summed E-state index contributed by atoms with van der Waals surface area (Å²) in [4.78, 5) is 11.9. The number of carbonyl (C=O) groups excluding carboxylic acids is 1. The lowest BCUT2D eigenvalue weighted by atomic mass is 10.1. The summed E-state index contributed by atoms with van der Waals surface area (Å²) in [6, 6.07) is 4.32. The highest BCUT2D eigenvalue weighted by Gasteiger charge is 2.19. The zero-order chi connectivity index (χ0) is 15.9. The van der Waals surface area contributed by atoms with Crippen molar-refractivity contribution in [2.24, 2.45) is 5.92 Å². The fourth-order valence-corrected chi connectivity index (χ4v) is 3.05. The van der Waals surface area contributed by atoms with Crippen LogP contribution in [0.5, 0.6) is 0 Å². The molecule has 0 fully saturated rings. The van der Waals surface area contributed by atoms with Crippen LogP contribution in [0.4, 0.5) is 9.18 Å². The summed E-state index contributed by atoms with van der Waals surface area (Å²) in [5.41, 5.74) is 1.81. The minimum atomic E-state index is -0.261. The fraction of sp³-hybridized carbons (Fsp3) is 0.438. The number of hydrogen-bond acceptors (Lipinski definition) is 3. The molecule has 22 heavy (non-hydrogen) atoms. The van der Waals surface area contributed by atoms with Crippen LogP contribution in [0.2, 0.25) is 0 Å². The maximum atomic E-state index is 13.3. The first-order chi connectivity index (χ1) is 10.6. The van der Waals surface area contributed by atoms with E-state index in [4.69, 9.17) is 5.11 Å². The van der Waals surface area contributed by atoms with Crippen LogP contribution in [-0.2, 0) is 12.3 Å². The van der Waals surface area contributed by atoms with Gasteiger partial charge in [0.1, 0.15) is 5.82 Å². The molecule has 2 atom stereocenters. The lowest BCUT2D eigenvalue weighted by Gasteiger charge is -2.15. The van der Waals surface area contributed by atoms with Gasteiger partial charge in [-0.3, -0.25) is 0 Å². The summed E-state index contributed by atoms with van der Waals surface area (Å²) in [6.45, 7) is 0.464. The van der Waals surface area contributed by atoms with Gasteiger partial charge in [0.15, 0.2) is 0 Å². The highest BCUT2D eigenvalue weighted by molar-refractivity contribution is 7.97. The van der Waals surface area contributed by atoms with Crippen molar-refractivity contribution in [2.45, 2.75) is 24.8 Å². The minimum Gasteiger partial charge on any atom is -0.396 e. The molecular formula is C16H21FN2O2S. The number of halogens is 1. The number of urea groups is 1. The van der Waals surface area contributed by atoms with E-state index >= 15 is 0 Å². The lowest BCUT2D eigenvalue weighted by Crippen LogP contribution is -2.40. The standard InChI is InChI=1S/C16H21FN2O2S/c1-22-10-13-7-14(17)4-3-12(13)8-18-16(21)19-15-5-2-11(6-15)9-20/h2-5,7,11,15,20H,6,8-10H2,1H3,(H2,18,19,21)/t11-,15+/m0/s1. The summed E-state index contributed by atoms with van der Waals surface area (Å²) >= 11 is 1.61.